The molecule has 0 aliphatic carbocycles. The van der Waals surface area contributed by atoms with E-state index in [1.165, 1.54) is 30.1 Å². The molecule has 2 aromatic carbocycles. The second kappa shape index (κ2) is 9.79. The number of ether oxygens (including phenoxy) is 3. The summed E-state index contributed by atoms with van der Waals surface area (Å²) in [6.45, 7) is 5.68. The molecule has 182 valence electrons. The van der Waals surface area contributed by atoms with E-state index in [-0.39, 0.29) is 29.4 Å². The van der Waals surface area contributed by atoms with Crippen molar-refractivity contribution < 1.29 is 24.1 Å². The summed E-state index contributed by atoms with van der Waals surface area (Å²) in [5, 5.41) is 10.2. The van der Waals surface area contributed by atoms with Gasteiger partial charge in [0.2, 0.25) is 5.75 Å². The van der Waals surface area contributed by atoms with Crippen LogP contribution in [0.15, 0.2) is 57.5 Å². The number of aromatic nitrogens is 1. The van der Waals surface area contributed by atoms with Crippen LogP contribution in [0.4, 0.5) is 0 Å². The highest BCUT2D eigenvalue weighted by Gasteiger charge is 2.33. The van der Waals surface area contributed by atoms with Gasteiger partial charge in [-0.05, 0) is 50.1 Å². The molecule has 0 bridgehead atoms. The Hall–Kier alpha value is -3.85. The zero-order valence-corrected chi connectivity index (χ0v) is 20.9. The zero-order valence-electron chi connectivity index (χ0n) is 20.1. The lowest BCUT2D eigenvalue weighted by Gasteiger charge is -2.24. The largest absolute Gasteiger partial charge is 0.502 e. The third-order valence-corrected chi connectivity index (χ3v) is 6.69. The van der Waals surface area contributed by atoms with Crippen molar-refractivity contribution >= 4 is 23.4 Å². The van der Waals surface area contributed by atoms with Crippen molar-refractivity contribution in [3.8, 4) is 17.2 Å². The maximum atomic E-state index is 13.7. The lowest BCUT2D eigenvalue weighted by molar-refractivity contribution is -0.139. The van der Waals surface area contributed by atoms with Crippen LogP contribution in [0, 0.1) is 6.92 Å². The molecule has 8 nitrogen and oxygen atoms in total. The van der Waals surface area contributed by atoms with Crippen LogP contribution >= 0.6 is 11.3 Å². The molecular formula is C26H26N2O6S. The van der Waals surface area contributed by atoms with E-state index >= 15 is 0 Å². The molecule has 3 aromatic rings. The normalized spacial score (nSPS) is 15.5. The lowest BCUT2D eigenvalue weighted by Crippen LogP contribution is -2.39. The molecule has 0 radical (unpaired) electrons. The van der Waals surface area contributed by atoms with Gasteiger partial charge < -0.3 is 19.3 Å². The Kier molecular flexibility index (Phi) is 6.79. The second-order valence-corrected chi connectivity index (χ2v) is 9.00. The van der Waals surface area contributed by atoms with Gasteiger partial charge in [-0.15, -0.1) is 0 Å². The van der Waals surface area contributed by atoms with E-state index in [4.69, 9.17) is 14.2 Å². The van der Waals surface area contributed by atoms with Crippen LogP contribution in [0.2, 0.25) is 0 Å². The van der Waals surface area contributed by atoms with Crippen LogP contribution in [0.1, 0.15) is 36.6 Å². The number of carbonyl (C=O) groups excluding carboxylic acids is 1. The Labute approximate surface area is 206 Å². The van der Waals surface area contributed by atoms with Crippen LogP contribution in [0.5, 0.6) is 17.2 Å². The first kappa shape index (κ1) is 24.3. The number of benzene rings is 2. The van der Waals surface area contributed by atoms with E-state index < -0.39 is 12.0 Å². The molecule has 0 unspecified atom stereocenters. The van der Waals surface area contributed by atoms with Gasteiger partial charge in [-0.3, -0.25) is 9.36 Å². The van der Waals surface area contributed by atoms with E-state index in [2.05, 4.69) is 4.99 Å². The molecule has 1 atom stereocenters. The first-order chi connectivity index (χ1) is 16.8. The average Bonchev–Trinajstić information content (AvgIpc) is 3.14. The number of phenols is 1. The predicted octanol–water partition coefficient (Wildman–Crippen LogP) is 2.83. The van der Waals surface area contributed by atoms with E-state index in [1.807, 2.05) is 31.2 Å². The number of aromatic hydroxyl groups is 1. The molecular weight excluding hydrogens is 468 g/mol. The van der Waals surface area contributed by atoms with Crippen LogP contribution < -0.4 is 24.4 Å². The number of hydrogen-bond donors (Lipinski definition) is 1. The van der Waals surface area contributed by atoms with Crippen LogP contribution in [-0.4, -0.2) is 36.5 Å². The van der Waals surface area contributed by atoms with Crippen LogP contribution in [-0.2, 0) is 9.53 Å². The van der Waals surface area contributed by atoms with E-state index in [9.17, 15) is 14.7 Å². The summed E-state index contributed by atoms with van der Waals surface area (Å²) in [5.74, 6) is -0.174. The standard InChI is InChI=1S/C26H26N2O6S/c1-6-34-25(31)21-15(3)27-26-28(22(21)17-9-7-14(2)8-10-17)24(30)20(35-26)13-16-11-18(32-4)23(29)19(12-16)33-5/h7-13,22,29H,6H2,1-5H3/b20-13+/t22-/m0/s1. The number of carbonyl (C=O) groups is 1. The predicted molar refractivity (Wildman–Crippen MR) is 133 cm³/mol. The fourth-order valence-electron chi connectivity index (χ4n) is 4.00. The van der Waals surface area contributed by atoms with Crippen molar-refractivity contribution in [1.29, 1.82) is 0 Å². The summed E-state index contributed by atoms with van der Waals surface area (Å²) in [6.07, 6.45) is 1.68. The number of hydrogen-bond acceptors (Lipinski definition) is 8. The van der Waals surface area contributed by atoms with E-state index in [0.717, 1.165) is 11.1 Å². The van der Waals surface area contributed by atoms with Crippen molar-refractivity contribution in [2.75, 3.05) is 20.8 Å². The quantitative estimate of drug-likeness (QED) is 0.529. The third-order valence-electron chi connectivity index (χ3n) is 5.71. The van der Waals surface area contributed by atoms with Crippen molar-refractivity contribution in [3.63, 3.8) is 0 Å². The van der Waals surface area contributed by atoms with Gasteiger partial charge in [-0.2, -0.15) is 0 Å². The molecule has 0 saturated carbocycles. The number of esters is 1. The van der Waals surface area contributed by atoms with Gasteiger partial charge in [-0.1, -0.05) is 41.2 Å². The Morgan fingerprint density at radius 1 is 1.14 bits per heavy atom. The Morgan fingerprint density at radius 3 is 2.34 bits per heavy atom. The second-order valence-electron chi connectivity index (χ2n) is 7.99. The highest BCUT2D eigenvalue weighted by Crippen LogP contribution is 2.37. The number of rotatable bonds is 6. The highest BCUT2D eigenvalue weighted by molar-refractivity contribution is 7.07. The lowest BCUT2D eigenvalue weighted by atomic mass is 9.95. The summed E-state index contributed by atoms with van der Waals surface area (Å²) in [7, 11) is 2.88. The molecule has 1 N–H and O–H groups in total. The monoisotopic (exact) mass is 494 g/mol. The Bertz CT molecular complexity index is 1470. The average molecular weight is 495 g/mol. The molecule has 9 heteroatoms. The Balaban J connectivity index is 1.95. The SMILES string of the molecule is CCOC(=O)C1=C(C)N=c2s/c(=C/c3cc(OC)c(O)c(OC)c3)c(=O)n2[C@H]1c1ccc(C)cc1. The van der Waals surface area contributed by atoms with Gasteiger partial charge in [0.25, 0.3) is 5.56 Å². The van der Waals surface area contributed by atoms with Crippen molar-refractivity contribution in [1.82, 2.24) is 4.57 Å². The number of allylic oxidation sites excluding steroid dienone is 1. The van der Waals surface area contributed by atoms with Gasteiger partial charge in [0, 0.05) is 0 Å². The summed E-state index contributed by atoms with van der Waals surface area (Å²) in [4.78, 5) is 31.7. The highest BCUT2D eigenvalue weighted by atomic mass is 32.1. The van der Waals surface area contributed by atoms with Crippen LogP contribution in [0.25, 0.3) is 6.08 Å². The minimum absolute atomic E-state index is 0.123. The van der Waals surface area contributed by atoms with Crippen molar-refractivity contribution in [2.24, 2.45) is 4.99 Å². The van der Waals surface area contributed by atoms with Gasteiger partial charge >= 0.3 is 5.97 Å². The van der Waals surface area contributed by atoms with Crippen molar-refractivity contribution in [2.45, 2.75) is 26.8 Å². The number of thiazole rings is 1. The van der Waals surface area contributed by atoms with Crippen LogP contribution in [0.3, 0.4) is 0 Å². The first-order valence-corrected chi connectivity index (χ1v) is 11.8. The summed E-state index contributed by atoms with van der Waals surface area (Å²) < 4.78 is 17.7. The van der Waals surface area contributed by atoms with E-state index in [0.29, 0.717) is 26.2 Å². The molecule has 0 saturated heterocycles. The molecule has 0 fully saturated rings. The molecule has 1 aliphatic heterocycles. The van der Waals surface area contributed by atoms with Gasteiger partial charge in [0.15, 0.2) is 16.3 Å². The summed E-state index contributed by atoms with van der Waals surface area (Å²) in [6, 6.07) is 10.3. The number of aryl methyl sites for hydroxylation is 1. The topological polar surface area (TPSA) is 99.4 Å². The maximum absolute atomic E-state index is 13.7. The molecule has 1 aromatic heterocycles. The molecule has 0 spiro atoms. The molecule has 4 rings (SSSR count). The van der Waals surface area contributed by atoms with Gasteiger partial charge in [0.05, 0.1) is 42.7 Å². The molecule has 2 heterocycles. The number of nitrogens with zero attached hydrogens (tertiary/aromatic N) is 2. The maximum Gasteiger partial charge on any atom is 0.338 e. The minimum atomic E-state index is -0.669. The zero-order chi connectivity index (χ0) is 25.3. The smallest absolute Gasteiger partial charge is 0.338 e. The first-order valence-electron chi connectivity index (χ1n) is 11.0. The fourth-order valence-corrected chi connectivity index (χ4v) is 5.05. The minimum Gasteiger partial charge on any atom is -0.502 e. The Morgan fingerprint density at radius 2 is 1.77 bits per heavy atom. The van der Waals surface area contributed by atoms with Gasteiger partial charge in [-0.25, -0.2) is 9.79 Å². The molecule has 35 heavy (non-hydrogen) atoms. The van der Waals surface area contributed by atoms with Gasteiger partial charge in [0.1, 0.15) is 0 Å². The number of methoxy groups -OCH3 is 2. The van der Waals surface area contributed by atoms with E-state index in [1.54, 1.807) is 32.1 Å². The fraction of sp³-hybridized carbons (Fsp3) is 0.269. The molecule has 1 aliphatic rings. The third kappa shape index (κ3) is 4.46. The van der Waals surface area contributed by atoms with Crippen molar-refractivity contribution in [3.05, 3.63) is 84.0 Å². The number of fused-ring (bicyclic) bond motifs is 1. The molecule has 0 amide bonds. The summed E-state index contributed by atoms with van der Waals surface area (Å²) >= 11 is 1.22. The summed E-state index contributed by atoms with van der Waals surface area (Å²) in [5.41, 5.74) is 3.01. The number of phenolic OH excluding ortho intramolecular Hbond substituents is 1.